The number of hydrogen-bond acceptors (Lipinski definition) is 5. The van der Waals surface area contributed by atoms with Gasteiger partial charge in [0, 0.05) is 12.5 Å². The molecular weight excluding hydrogens is 390 g/mol. The van der Waals surface area contributed by atoms with Gasteiger partial charge in [-0.25, -0.2) is 4.79 Å². The van der Waals surface area contributed by atoms with Crippen LogP contribution in [-0.2, 0) is 9.53 Å². The summed E-state index contributed by atoms with van der Waals surface area (Å²) in [7, 11) is 1.24. The molecular formula is C21H25N3O4S. The molecule has 3 N–H and O–H groups in total. The Morgan fingerprint density at radius 3 is 2.38 bits per heavy atom. The number of alkyl carbamates (subject to hydrolysis) is 1. The van der Waals surface area contributed by atoms with Crippen LogP contribution >= 0.6 is 12.2 Å². The molecule has 0 spiro atoms. The van der Waals surface area contributed by atoms with E-state index in [0.29, 0.717) is 35.2 Å². The van der Waals surface area contributed by atoms with Crippen molar-refractivity contribution in [2.75, 3.05) is 17.7 Å². The fourth-order valence-corrected chi connectivity index (χ4v) is 2.55. The molecule has 29 heavy (non-hydrogen) atoms. The summed E-state index contributed by atoms with van der Waals surface area (Å²) in [5, 5.41) is 8.18. The molecule has 2 aromatic rings. The van der Waals surface area contributed by atoms with E-state index in [-0.39, 0.29) is 11.0 Å². The van der Waals surface area contributed by atoms with Crippen LogP contribution in [-0.4, -0.2) is 24.2 Å². The predicted molar refractivity (Wildman–Crippen MR) is 117 cm³/mol. The van der Waals surface area contributed by atoms with E-state index in [4.69, 9.17) is 17.0 Å². The van der Waals surface area contributed by atoms with Crippen LogP contribution in [0.3, 0.4) is 0 Å². The van der Waals surface area contributed by atoms with Crippen molar-refractivity contribution >= 4 is 40.7 Å². The Hall–Kier alpha value is -3.13. The van der Waals surface area contributed by atoms with Gasteiger partial charge in [-0.3, -0.25) is 10.1 Å². The fraction of sp³-hybridized carbons (Fsp3) is 0.286. The third-order valence-corrected chi connectivity index (χ3v) is 4.05. The molecule has 0 aliphatic carbocycles. The zero-order chi connectivity index (χ0) is 21.2. The molecule has 154 valence electrons. The second kappa shape index (κ2) is 11.0. The van der Waals surface area contributed by atoms with Crippen molar-refractivity contribution < 1.29 is 19.1 Å². The monoisotopic (exact) mass is 415 g/mol. The number of hydrogen-bond donors (Lipinski definition) is 3. The first kappa shape index (κ1) is 22.2. The van der Waals surface area contributed by atoms with Crippen molar-refractivity contribution in [3.63, 3.8) is 0 Å². The summed E-state index contributed by atoms with van der Waals surface area (Å²) in [5.41, 5.74) is 1.01. The van der Waals surface area contributed by atoms with Crippen molar-refractivity contribution in [3.8, 4) is 11.5 Å². The van der Waals surface area contributed by atoms with Crippen LogP contribution in [0, 0.1) is 5.92 Å². The Balaban J connectivity index is 2.19. The highest BCUT2D eigenvalue weighted by molar-refractivity contribution is 7.80. The van der Waals surface area contributed by atoms with Crippen molar-refractivity contribution in [1.29, 1.82) is 0 Å². The van der Waals surface area contributed by atoms with Gasteiger partial charge in [-0.15, -0.1) is 0 Å². The number of rotatable bonds is 7. The number of para-hydroxylation sites is 1. The molecule has 0 aliphatic rings. The van der Waals surface area contributed by atoms with Crippen molar-refractivity contribution in [2.24, 2.45) is 5.92 Å². The normalized spacial score (nSPS) is 10.2. The van der Waals surface area contributed by atoms with Gasteiger partial charge in [-0.2, -0.15) is 0 Å². The summed E-state index contributed by atoms with van der Waals surface area (Å²) in [6.45, 7) is 4.12. The Morgan fingerprint density at radius 1 is 1.00 bits per heavy atom. The first-order chi connectivity index (χ1) is 13.9. The average molecular weight is 416 g/mol. The first-order valence-corrected chi connectivity index (χ1v) is 9.61. The van der Waals surface area contributed by atoms with Gasteiger partial charge in [-0.1, -0.05) is 32.0 Å². The molecule has 0 aliphatic heterocycles. The first-order valence-electron chi connectivity index (χ1n) is 9.20. The number of nitrogens with one attached hydrogen (secondary N) is 3. The van der Waals surface area contributed by atoms with Crippen LogP contribution in [0.15, 0.2) is 48.5 Å². The van der Waals surface area contributed by atoms with Gasteiger partial charge in [0.05, 0.1) is 18.5 Å². The fourth-order valence-electron chi connectivity index (χ4n) is 2.35. The maximum absolute atomic E-state index is 12.3. The molecule has 7 nitrogen and oxygen atoms in total. The number of amides is 2. The summed E-state index contributed by atoms with van der Waals surface area (Å²) in [6.07, 6.45) is 0.483. The van der Waals surface area contributed by atoms with E-state index >= 15 is 0 Å². The topological polar surface area (TPSA) is 88.7 Å². The highest BCUT2D eigenvalue weighted by atomic mass is 32.1. The molecule has 0 unspecified atom stereocenters. The van der Waals surface area contributed by atoms with E-state index in [2.05, 4.69) is 34.5 Å². The largest absolute Gasteiger partial charge is 0.457 e. The predicted octanol–water partition coefficient (Wildman–Crippen LogP) is 4.91. The van der Waals surface area contributed by atoms with Crippen LogP contribution in [0.2, 0.25) is 0 Å². The summed E-state index contributed by atoms with van der Waals surface area (Å²) >= 11 is 5.11. The number of methoxy groups -OCH3 is 1. The number of carbonyl (C=O) groups is 2. The molecule has 0 fully saturated rings. The maximum Gasteiger partial charge on any atom is 0.413 e. The Morgan fingerprint density at radius 2 is 1.72 bits per heavy atom. The molecule has 0 heterocycles. The smallest absolute Gasteiger partial charge is 0.413 e. The van der Waals surface area contributed by atoms with Gasteiger partial charge in [0.25, 0.3) is 0 Å². The van der Waals surface area contributed by atoms with Gasteiger partial charge in [0.1, 0.15) is 11.5 Å². The zero-order valence-corrected chi connectivity index (χ0v) is 17.5. The van der Waals surface area contributed by atoms with Crippen LogP contribution in [0.5, 0.6) is 11.5 Å². The number of carbonyl (C=O) groups excluding carboxylic acids is 2. The molecule has 0 aromatic heterocycles. The number of ether oxygens (including phenoxy) is 2. The minimum atomic E-state index is -0.686. The Labute approximate surface area is 175 Å². The standard InChI is InChI=1S/C21H25N3O4S/c1-14(2)9-12-19(25)22-18-13-16(28-15-7-5-4-6-8-15)10-11-17(18)23-20(29)24-21(26)27-3/h4-8,10-11,13-14H,9,12H2,1-3H3,(H,22,25)(H2,23,24,26,29). The molecule has 0 saturated heterocycles. The molecule has 2 aromatic carbocycles. The van der Waals surface area contributed by atoms with Crippen LogP contribution in [0.4, 0.5) is 16.2 Å². The van der Waals surface area contributed by atoms with E-state index < -0.39 is 6.09 Å². The lowest BCUT2D eigenvalue weighted by Crippen LogP contribution is -2.34. The summed E-state index contributed by atoms with van der Waals surface area (Å²) < 4.78 is 10.4. The van der Waals surface area contributed by atoms with E-state index in [1.54, 1.807) is 18.2 Å². The lowest BCUT2D eigenvalue weighted by atomic mass is 10.1. The van der Waals surface area contributed by atoms with Gasteiger partial charge < -0.3 is 20.1 Å². The molecule has 0 atom stereocenters. The molecule has 0 bridgehead atoms. The van der Waals surface area contributed by atoms with Crippen LogP contribution < -0.4 is 20.7 Å². The lowest BCUT2D eigenvalue weighted by Gasteiger charge is -2.16. The van der Waals surface area contributed by atoms with Gasteiger partial charge >= 0.3 is 6.09 Å². The van der Waals surface area contributed by atoms with Gasteiger partial charge in [0.2, 0.25) is 5.91 Å². The summed E-state index contributed by atoms with van der Waals surface area (Å²) in [5.74, 6) is 1.52. The number of benzene rings is 2. The van der Waals surface area contributed by atoms with E-state index in [1.165, 1.54) is 7.11 Å². The molecule has 8 heteroatoms. The Kier molecular flexibility index (Phi) is 8.42. The molecule has 0 radical (unpaired) electrons. The second-order valence-electron chi connectivity index (χ2n) is 6.67. The van der Waals surface area contributed by atoms with Crippen molar-refractivity contribution in [3.05, 3.63) is 48.5 Å². The lowest BCUT2D eigenvalue weighted by molar-refractivity contribution is -0.116. The van der Waals surface area contributed by atoms with Gasteiger partial charge in [0.15, 0.2) is 5.11 Å². The molecule has 2 amide bonds. The summed E-state index contributed by atoms with van der Waals surface area (Å²) in [6, 6.07) is 14.5. The number of anilines is 2. The Bertz CT molecular complexity index is 856. The maximum atomic E-state index is 12.3. The average Bonchev–Trinajstić information content (AvgIpc) is 2.69. The van der Waals surface area contributed by atoms with Crippen LogP contribution in [0.25, 0.3) is 0 Å². The third kappa shape index (κ3) is 7.79. The molecule has 2 rings (SSSR count). The molecule has 0 saturated carbocycles. The highest BCUT2D eigenvalue weighted by Crippen LogP contribution is 2.30. The SMILES string of the molecule is COC(=O)NC(=S)Nc1ccc(Oc2ccccc2)cc1NC(=O)CCC(C)C. The third-order valence-electron chi connectivity index (χ3n) is 3.84. The van der Waals surface area contributed by atoms with Crippen molar-refractivity contribution in [1.82, 2.24) is 5.32 Å². The van der Waals surface area contributed by atoms with Crippen LogP contribution in [0.1, 0.15) is 26.7 Å². The minimum absolute atomic E-state index is 0.0475. The second-order valence-corrected chi connectivity index (χ2v) is 7.08. The van der Waals surface area contributed by atoms with E-state index in [0.717, 1.165) is 6.42 Å². The highest BCUT2D eigenvalue weighted by Gasteiger charge is 2.12. The summed E-state index contributed by atoms with van der Waals surface area (Å²) in [4.78, 5) is 23.7. The zero-order valence-electron chi connectivity index (χ0n) is 16.7. The quantitative estimate of drug-likeness (QED) is 0.557. The van der Waals surface area contributed by atoms with E-state index in [1.807, 2.05) is 30.3 Å². The minimum Gasteiger partial charge on any atom is -0.457 e. The van der Waals surface area contributed by atoms with Crippen molar-refractivity contribution in [2.45, 2.75) is 26.7 Å². The van der Waals surface area contributed by atoms with E-state index in [9.17, 15) is 9.59 Å². The number of thiocarbonyl (C=S) groups is 1. The van der Waals surface area contributed by atoms with Gasteiger partial charge in [-0.05, 0) is 48.8 Å².